The minimum Gasteiger partial charge on any atom is -0.458 e. The van der Waals surface area contributed by atoms with Crippen molar-refractivity contribution in [3.8, 4) is 0 Å². The van der Waals surface area contributed by atoms with Gasteiger partial charge >= 0.3 is 5.97 Å². The maximum atomic E-state index is 11.0. The molecule has 1 heterocycles. The first-order valence-electron chi connectivity index (χ1n) is 4.46. The van der Waals surface area contributed by atoms with Crippen LogP contribution in [0.1, 0.15) is 26.7 Å². The van der Waals surface area contributed by atoms with Gasteiger partial charge in [-0.3, -0.25) is 4.79 Å². The lowest BCUT2D eigenvalue weighted by Gasteiger charge is -2.30. The second kappa shape index (κ2) is 2.35. The van der Waals surface area contributed by atoms with Gasteiger partial charge in [-0.05, 0) is 17.9 Å². The van der Waals surface area contributed by atoms with E-state index in [4.69, 9.17) is 4.74 Å². The van der Waals surface area contributed by atoms with Crippen molar-refractivity contribution in [3.05, 3.63) is 12.2 Å². The molecule has 0 N–H and O–H groups in total. The molecule has 0 amide bonds. The molecule has 1 fully saturated rings. The molecule has 1 aliphatic carbocycles. The molecule has 66 valence electrons. The summed E-state index contributed by atoms with van der Waals surface area (Å²) in [6.45, 7) is 4.39. The number of carbonyl (C=O) groups is 1. The standard InChI is InChI=1S/C10H14O2/c1-10(2)4-3-8-7(6-10)5-9(11)12-8/h3-4,7-8H,5-6H2,1-2H3/t7-,8+/m1/s1. The summed E-state index contributed by atoms with van der Waals surface area (Å²) in [6, 6.07) is 0. The Morgan fingerprint density at radius 1 is 1.58 bits per heavy atom. The van der Waals surface area contributed by atoms with Crippen LogP contribution in [0, 0.1) is 11.3 Å². The van der Waals surface area contributed by atoms with Crippen molar-refractivity contribution in [2.24, 2.45) is 11.3 Å². The number of fused-ring (bicyclic) bond motifs is 1. The van der Waals surface area contributed by atoms with Crippen LogP contribution < -0.4 is 0 Å². The zero-order chi connectivity index (χ0) is 8.77. The van der Waals surface area contributed by atoms with Gasteiger partial charge in [0.25, 0.3) is 0 Å². The van der Waals surface area contributed by atoms with E-state index in [9.17, 15) is 4.79 Å². The molecule has 0 spiro atoms. The van der Waals surface area contributed by atoms with E-state index in [1.807, 2.05) is 6.08 Å². The van der Waals surface area contributed by atoms with Gasteiger partial charge in [-0.2, -0.15) is 0 Å². The van der Waals surface area contributed by atoms with Crippen LogP contribution in [-0.2, 0) is 9.53 Å². The fraction of sp³-hybridized carbons (Fsp3) is 0.700. The van der Waals surface area contributed by atoms with E-state index in [0.717, 1.165) is 6.42 Å². The van der Waals surface area contributed by atoms with Crippen LogP contribution in [0.3, 0.4) is 0 Å². The Kier molecular flexibility index (Phi) is 1.53. The molecule has 2 heteroatoms. The Hall–Kier alpha value is -0.790. The molecule has 2 aliphatic rings. The molecule has 12 heavy (non-hydrogen) atoms. The van der Waals surface area contributed by atoms with Crippen molar-refractivity contribution in [3.63, 3.8) is 0 Å². The smallest absolute Gasteiger partial charge is 0.306 e. The predicted molar refractivity (Wildman–Crippen MR) is 45.5 cm³/mol. The van der Waals surface area contributed by atoms with Crippen LogP contribution in [0.5, 0.6) is 0 Å². The van der Waals surface area contributed by atoms with E-state index in [1.54, 1.807) is 0 Å². The molecule has 0 aromatic carbocycles. The SMILES string of the molecule is CC1(C)C=C[C@@H]2OC(=O)C[C@@H]2C1. The van der Waals surface area contributed by atoms with Gasteiger partial charge in [0.1, 0.15) is 6.10 Å². The van der Waals surface area contributed by atoms with Gasteiger partial charge in [0, 0.05) is 5.92 Å². The Bertz CT molecular complexity index is 240. The number of rotatable bonds is 0. The number of esters is 1. The van der Waals surface area contributed by atoms with Crippen LogP contribution in [-0.4, -0.2) is 12.1 Å². The zero-order valence-corrected chi connectivity index (χ0v) is 7.54. The lowest BCUT2D eigenvalue weighted by Crippen LogP contribution is -2.25. The molecule has 2 atom stereocenters. The second-order valence-electron chi connectivity index (χ2n) is 4.47. The number of carbonyl (C=O) groups excluding carboxylic acids is 1. The van der Waals surface area contributed by atoms with Gasteiger partial charge < -0.3 is 4.74 Å². The molecule has 0 aromatic rings. The molecule has 0 unspecified atom stereocenters. The lowest BCUT2D eigenvalue weighted by atomic mass is 9.75. The van der Waals surface area contributed by atoms with E-state index in [-0.39, 0.29) is 17.5 Å². The largest absolute Gasteiger partial charge is 0.458 e. The summed E-state index contributed by atoms with van der Waals surface area (Å²) < 4.78 is 5.13. The Balaban J connectivity index is 2.18. The summed E-state index contributed by atoms with van der Waals surface area (Å²) in [7, 11) is 0. The monoisotopic (exact) mass is 166 g/mol. The summed E-state index contributed by atoms with van der Waals surface area (Å²) in [5.41, 5.74) is 0.245. The number of ether oxygens (including phenoxy) is 1. The predicted octanol–water partition coefficient (Wildman–Crippen LogP) is 1.90. The highest BCUT2D eigenvalue weighted by atomic mass is 16.5. The second-order valence-corrected chi connectivity index (χ2v) is 4.47. The van der Waals surface area contributed by atoms with Crippen molar-refractivity contribution in [2.45, 2.75) is 32.8 Å². The van der Waals surface area contributed by atoms with Gasteiger partial charge in [-0.15, -0.1) is 0 Å². The third-order valence-electron chi connectivity index (χ3n) is 2.69. The van der Waals surface area contributed by atoms with Gasteiger partial charge in [-0.1, -0.05) is 19.9 Å². The fourth-order valence-electron chi connectivity index (χ4n) is 2.11. The van der Waals surface area contributed by atoms with Crippen LogP contribution in [0.2, 0.25) is 0 Å². The Morgan fingerprint density at radius 2 is 2.33 bits per heavy atom. The average molecular weight is 166 g/mol. The van der Waals surface area contributed by atoms with Gasteiger partial charge in [0.05, 0.1) is 6.42 Å². The minimum atomic E-state index is -0.0349. The van der Waals surface area contributed by atoms with E-state index in [0.29, 0.717) is 12.3 Å². The molecule has 0 saturated carbocycles. The van der Waals surface area contributed by atoms with E-state index >= 15 is 0 Å². The maximum Gasteiger partial charge on any atom is 0.306 e. The molecule has 2 nitrogen and oxygen atoms in total. The molecule has 1 aliphatic heterocycles. The van der Waals surface area contributed by atoms with Crippen LogP contribution >= 0.6 is 0 Å². The Labute approximate surface area is 72.6 Å². The van der Waals surface area contributed by atoms with Crippen LogP contribution in [0.25, 0.3) is 0 Å². The normalized spacial score (nSPS) is 37.7. The van der Waals surface area contributed by atoms with Gasteiger partial charge in [0.2, 0.25) is 0 Å². The average Bonchev–Trinajstić information content (AvgIpc) is 2.26. The summed E-state index contributed by atoms with van der Waals surface area (Å²) in [5, 5.41) is 0. The molecule has 1 saturated heterocycles. The van der Waals surface area contributed by atoms with E-state index < -0.39 is 0 Å². The molecule has 0 aromatic heterocycles. The first kappa shape index (κ1) is 7.84. The van der Waals surface area contributed by atoms with E-state index in [2.05, 4.69) is 19.9 Å². The first-order chi connectivity index (χ1) is 5.57. The highest BCUT2D eigenvalue weighted by Gasteiger charge is 2.39. The third-order valence-corrected chi connectivity index (χ3v) is 2.69. The molecule has 0 bridgehead atoms. The van der Waals surface area contributed by atoms with Crippen molar-refractivity contribution in [1.29, 1.82) is 0 Å². The summed E-state index contributed by atoms with van der Waals surface area (Å²) >= 11 is 0. The molecule has 0 radical (unpaired) electrons. The van der Waals surface area contributed by atoms with Crippen LogP contribution in [0.15, 0.2) is 12.2 Å². The third kappa shape index (κ3) is 1.26. The van der Waals surface area contributed by atoms with Gasteiger partial charge in [0.15, 0.2) is 0 Å². The fourth-order valence-corrected chi connectivity index (χ4v) is 2.11. The van der Waals surface area contributed by atoms with Crippen molar-refractivity contribution in [2.75, 3.05) is 0 Å². The van der Waals surface area contributed by atoms with Crippen molar-refractivity contribution < 1.29 is 9.53 Å². The van der Waals surface area contributed by atoms with Crippen LogP contribution in [0.4, 0.5) is 0 Å². The number of hydrogen-bond acceptors (Lipinski definition) is 2. The topological polar surface area (TPSA) is 26.3 Å². The zero-order valence-electron chi connectivity index (χ0n) is 7.54. The van der Waals surface area contributed by atoms with E-state index in [1.165, 1.54) is 0 Å². The molecular formula is C10H14O2. The Morgan fingerprint density at radius 3 is 3.08 bits per heavy atom. The van der Waals surface area contributed by atoms with Crippen molar-refractivity contribution >= 4 is 5.97 Å². The number of hydrogen-bond donors (Lipinski definition) is 0. The minimum absolute atomic E-state index is 0.0349. The van der Waals surface area contributed by atoms with Crippen molar-refractivity contribution in [1.82, 2.24) is 0 Å². The number of allylic oxidation sites excluding steroid dienone is 1. The molecule has 2 rings (SSSR count). The lowest BCUT2D eigenvalue weighted by molar-refractivity contribution is -0.140. The highest BCUT2D eigenvalue weighted by molar-refractivity contribution is 5.72. The summed E-state index contributed by atoms with van der Waals surface area (Å²) in [4.78, 5) is 11.0. The van der Waals surface area contributed by atoms with Gasteiger partial charge in [-0.25, -0.2) is 0 Å². The highest BCUT2D eigenvalue weighted by Crippen LogP contribution is 2.39. The molecular weight excluding hydrogens is 152 g/mol. The first-order valence-corrected chi connectivity index (χ1v) is 4.46. The maximum absolute atomic E-state index is 11.0. The quantitative estimate of drug-likeness (QED) is 0.406. The summed E-state index contributed by atoms with van der Waals surface area (Å²) in [5.74, 6) is 0.393. The summed E-state index contributed by atoms with van der Waals surface area (Å²) in [6.07, 6.45) is 5.95.